The molecule has 5 nitrogen and oxygen atoms in total. The molecule has 0 saturated carbocycles. The van der Waals surface area contributed by atoms with E-state index in [1.165, 1.54) is 12.1 Å². The van der Waals surface area contributed by atoms with Crippen molar-refractivity contribution in [3.05, 3.63) is 59.7 Å². The van der Waals surface area contributed by atoms with Gasteiger partial charge >= 0.3 is 5.97 Å². The number of aromatic nitrogens is 1. The van der Waals surface area contributed by atoms with Gasteiger partial charge in [0.15, 0.2) is 6.61 Å². The van der Waals surface area contributed by atoms with E-state index in [9.17, 15) is 14.0 Å². The Kier molecular flexibility index (Phi) is 5.09. The molecule has 2 N–H and O–H groups in total. The van der Waals surface area contributed by atoms with Gasteiger partial charge in [-0.15, -0.1) is 0 Å². The summed E-state index contributed by atoms with van der Waals surface area (Å²) in [5, 5.41) is 2.63. The van der Waals surface area contributed by atoms with Crippen LogP contribution in [0.5, 0.6) is 0 Å². The zero-order valence-corrected chi connectivity index (χ0v) is 11.3. The Hall–Kier alpha value is -2.63. The van der Waals surface area contributed by atoms with Crippen LogP contribution in [0.4, 0.5) is 4.39 Å². The Balaban J connectivity index is 1.66. The first-order valence-corrected chi connectivity index (χ1v) is 6.47. The summed E-state index contributed by atoms with van der Waals surface area (Å²) < 4.78 is 17.5. The molecule has 0 spiro atoms. The largest absolute Gasteiger partial charge is 0.451 e. The van der Waals surface area contributed by atoms with E-state index in [4.69, 9.17) is 4.74 Å². The third-order valence-electron chi connectivity index (χ3n) is 2.80. The highest BCUT2D eigenvalue weighted by atomic mass is 19.1. The molecule has 110 valence electrons. The van der Waals surface area contributed by atoms with Crippen LogP contribution in [0.25, 0.3) is 0 Å². The lowest BCUT2D eigenvalue weighted by Crippen LogP contribution is -2.30. The van der Waals surface area contributed by atoms with E-state index in [2.05, 4.69) is 10.3 Å². The van der Waals surface area contributed by atoms with Crippen molar-refractivity contribution in [2.45, 2.75) is 6.42 Å². The summed E-state index contributed by atoms with van der Waals surface area (Å²) in [7, 11) is 0. The van der Waals surface area contributed by atoms with Gasteiger partial charge in [-0.3, -0.25) is 4.79 Å². The van der Waals surface area contributed by atoms with Crippen molar-refractivity contribution in [1.82, 2.24) is 10.3 Å². The maximum atomic E-state index is 12.7. The predicted octanol–water partition coefficient (Wildman–Crippen LogP) is 1.67. The number of ether oxygens (including phenoxy) is 1. The van der Waals surface area contributed by atoms with Gasteiger partial charge in [0.2, 0.25) is 0 Å². The van der Waals surface area contributed by atoms with E-state index in [0.717, 1.165) is 5.56 Å². The molecule has 0 atom stereocenters. The van der Waals surface area contributed by atoms with Crippen molar-refractivity contribution in [1.29, 1.82) is 0 Å². The van der Waals surface area contributed by atoms with E-state index < -0.39 is 5.97 Å². The maximum absolute atomic E-state index is 12.7. The van der Waals surface area contributed by atoms with E-state index in [1.807, 2.05) is 0 Å². The Morgan fingerprint density at radius 2 is 1.95 bits per heavy atom. The van der Waals surface area contributed by atoms with Crippen molar-refractivity contribution >= 4 is 11.9 Å². The lowest BCUT2D eigenvalue weighted by Gasteiger charge is -2.06. The van der Waals surface area contributed by atoms with Crippen LogP contribution in [0.1, 0.15) is 16.1 Å². The number of H-pyrrole nitrogens is 1. The molecular formula is C15H15FN2O3. The quantitative estimate of drug-likeness (QED) is 0.795. The number of amides is 1. The first-order chi connectivity index (χ1) is 10.1. The Labute approximate surface area is 121 Å². The van der Waals surface area contributed by atoms with Crippen LogP contribution in [0.3, 0.4) is 0 Å². The molecule has 0 aliphatic rings. The van der Waals surface area contributed by atoms with Crippen LogP contribution in [-0.2, 0) is 16.0 Å². The number of aromatic amines is 1. The van der Waals surface area contributed by atoms with Gasteiger partial charge in [-0.25, -0.2) is 9.18 Å². The van der Waals surface area contributed by atoms with Crippen molar-refractivity contribution < 1.29 is 18.7 Å². The molecule has 2 aromatic rings. The molecule has 0 unspecified atom stereocenters. The molecule has 1 aromatic heterocycles. The fourth-order valence-corrected chi connectivity index (χ4v) is 1.71. The molecule has 0 aliphatic carbocycles. The van der Waals surface area contributed by atoms with Crippen molar-refractivity contribution in [2.24, 2.45) is 0 Å². The Morgan fingerprint density at radius 3 is 2.62 bits per heavy atom. The van der Waals surface area contributed by atoms with Gasteiger partial charge in [0.1, 0.15) is 11.5 Å². The van der Waals surface area contributed by atoms with E-state index >= 15 is 0 Å². The van der Waals surface area contributed by atoms with Crippen molar-refractivity contribution in [3.63, 3.8) is 0 Å². The molecule has 0 aliphatic heterocycles. The standard InChI is InChI=1S/C15H15FN2O3/c16-12-5-3-11(4-6-12)7-9-18-14(19)10-21-15(20)13-2-1-8-17-13/h1-6,8,17H,7,9-10H2,(H,18,19). The fourth-order valence-electron chi connectivity index (χ4n) is 1.71. The summed E-state index contributed by atoms with van der Waals surface area (Å²) in [5.41, 5.74) is 1.22. The predicted molar refractivity (Wildman–Crippen MR) is 74.2 cm³/mol. The molecule has 1 aromatic carbocycles. The number of esters is 1. The number of halogens is 1. The zero-order valence-electron chi connectivity index (χ0n) is 11.3. The molecule has 6 heteroatoms. The van der Waals surface area contributed by atoms with Gasteiger partial charge in [0.25, 0.3) is 5.91 Å². The topological polar surface area (TPSA) is 71.2 Å². The van der Waals surface area contributed by atoms with Crippen LogP contribution >= 0.6 is 0 Å². The number of carbonyl (C=O) groups is 2. The maximum Gasteiger partial charge on any atom is 0.355 e. The summed E-state index contributed by atoms with van der Waals surface area (Å²) in [6.07, 6.45) is 2.18. The second-order valence-electron chi connectivity index (χ2n) is 4.39. The average Bonchev–Trinajstić information content (AvgIpc) is 3.01. The summed E-state index contributed by atoms with van der Waals surface area (Å²) in [4.78, 5) is 25.7. The van der Waals surface area contributed by atoms with Gasteiger partial charge in [0, 0.05) is 12.7 Å². The van der Waals surface area contributed by atoms with Crippen LogP contribution in [0.15, 0.2) is 42.6 Å². The first-order valence-electron chi connectivity index (χ1n) is 6.47. The van der Waals surface area contributed by atoms with E-state index in [-0.39, 0.29) is 18.3 Å². The number of benzene rings is 1. The smallest absolute Gasteiger partial charge is 0.355 e. The number of hydrogen-bond donors (Lipinski definition) is 2. The Morgan fingerprint density at radius 1 is 1.19 bits per heavy atom. The minimum absolute atomic E-state index is 0.293. The monoisotopic (exact) mass is 290 g/mol. The molecule has 21 heavy (non-hydrogen) atoms. The van der Waals surface area contributed by atoms with Crippen LogP contribution in [0, 0.1) is 5.82 Å². The van der Waals surface area contributed by atoms with Crippen molar-refractivity contribution in [2.75, 3.05) is 13.2 Å². The van der Waals surface area contributed by atoms with Gasteiger partial charge in [0.05, 0.1) is 0 Å². The molecular weight excluding hydrogens is 275 g/mol. The lowest BCUT2D eigenvalue weighted by molar-refractivity contribution is -0.124. The van der Waals surface area contributed by atoms with Crippen molar-refractivity contribution in [3.8, 4) is 0 Å². The molecule has 0 saturated heterocycles. The number of hydrogen-bond acceptors (Lipinski definition) is 3. The second-order valence-corrected chi connectivity index (χ2v) is 4.39. The fraction of sp³-hybridized carbons (Fsp3) is 0.200. The zero-order chi connectivity index (χ0) is 15.1. The third-order valence-corrected chi connectivity index (χ3v) is 2.80. The van der Waals surface area contributed by atoms with Crippen LogP contribution in [0.2, 0.25) is 0 Å². The van der Waals surface area contributed by atoms with E-state index in [1.54, 1.807) is 30.5 Å². The molecule has 0 bridgehead atoms. The van der Waals surface area contributed by atoms with Crippen LogP contribution < -0.4 is 5.32 Å². The summed E-state index contributed by atoms with van der Waals surface area (Å²) in [6.45, 7) is 0.0613. The van der Waals surface area contributed by atoms with E-state index in [0.29, 0.717) is 18.7 Å². The summed E-state index contributed by atoms with van der Waals surface area (Å²) in [6, 6.07) is 9.29. The molecule has 1 amide bonds. The minimum Gasteiger partial charge on any atom is -0.451 e. The first kappa shape index (κ1) is 14.8. The number of carbonyl (C=O) groups excluding carboxylic acids is 2. The molecule has 0 radical (unpaired) electrons. The molecule has 2 rings (SSSR count). The van der Waals surface area contributed by atoms with Gasteiger partial charge in [-0.05, 0) is 36.2 Å². The van der Waals surface area contributed by atoms with Gasteiger partial charge in [-0.2, -0.15) is 0 Å². The minimum atomic E-state index is -0.575. The number of nitrogens with one attached hydrogen (secondary N) is 2. The highest BCUT2D eigenvalue weighted by Crippen LogP contribution is 2.02. The number of rotatable bonds is 6. The summed E-state index contributed by atoms with van der Waals surface area (Å²) >= 11 is 0. The molecule has 1 heterocycles. The summed E-state index contributed by atoms with van der Waals surface area (Å²) in [5.74, 6) is -1.25. The second kappa shape index (κ2) is 7.23. The van der Waals surface area contributed by atoms with Gasteiger partial charge < -0.3 is 15.0 Å². The SMILES string of the molecule is O=C(COC(=O)c1ccc[nH]1)NCCc1ccc(F)cc1. The average molecular weight is 290 g/mol. The third kappa shape index (κ3) is 4.76. The normalized spacial score (nSPS) is 10.1. The Bertz CT molecular complexity index is 594. The lowest BCUT2D eigenvalue weighted by atomic mass is 10.1. The highest BCUT2D eigenvalue weighted by molar-refractivity contribution is 5.89. The van der Waals surface area contributed by atoms with Crippen LogP contribution in [-0.4, -0.2) is 30.0 Å². The molecule has 0 fully saturated rings. The van der Waals surface area contributed by atoms with Gasteiger partial charge in [-0.1, -0.05) is 12.1 Å². The highest BCUT2D eigenvalue weighted by Gasteiger charge is 2.10.